The molecule has 0 aliphatic heterocycles. The van der Waals surface area contributed by atoms with Crippen molar-refractivity contribution in [2.75, 3.05) is 5.75 Å². The van der Waals surface area contributed by atoms with Crippen molar-refractivity contribution in [3.63, 3.8) is 0 Å². The quantitative estimate of drug-likeness (QED) is 0.853. The van der Waals surface area contributed by atoms with E-state index in [0.29, 0.717) is 11.0 Å². The predicted octanol–water partition coefficient (Wildman–Crippen LogP) is 2.28. The molecule has 5 nitrogen and oxygen atoms in total. The van der Waals surface area contributed by atoms with Crippen molar-refractivity contribution in [3.05, 3.63) is 17.0 Å². The third-order valence-electron chi connectivity index (χ3n) is 2.28. The first-order valence-electron chi connectivity index (χ1n) is 5.45. The largest absolute Gasteiger partial charge is 0.481 e. The van der Waals surface area contributed by atoms with E-state index in [2.05, 4.69) is 23.1 Å². The number of aryl methyl sites for hydroxylation is 2. The van der Waals surface area contributed by atoms with Crippen molar-refractivity contribution in [1.29, 1.82) is 0 Å². The van der Waals surface area contributed by atoms with E-state index in [1.807, 2.05) is 6.07 Å². The number of hydrogen-bond donors (Lipinski definition) is 1. The highest BCUT2D eigenvalue weighted by molar-refractivity contribution is 7.99. The molecule has 0 radical (unpaired) electrons. The van der Waals surface area contributed by atoms with E-state index in [1.54, 1.807) is 23.1 Å². The summed E-state index contributed by atoms with van der Waals surface area (Å²) >= 11 is 2.85. The van der Waals surface area contributed by atoms with Crippen molar-refractivity contribution in [2.45, 2.75) is 18.5 Å². The molecule has 2 rings (SSSR count). The van der Waals surface area contributed by atoms with E-state index in [1.165, 1.54) is 16.6 Å². The zero-order chi connectivity index (χ0) is 13.1. The van der Waals surface area contributed by atoms with Crippen LogP contribution in [0.3, 0.4) is 0 Å². The topological polar surface area (TPSA) is 68.0 Å². The summed E-state index contributed by atoms with van der Waals surface area (Å²) in [6.45, 7) is 2.11. The molecule has 0 bridgehead atoms. The van der Waals surface area contributed by atoms with Gasteiger partial charge in [0.25, 0.3) is 0 Å². The Morgan fingerprint density at radius 3 is 2.94 bits per heavy atom. The SMILES string of the molecule is CCc1ccc(-c2nc(SCC(=O)O)n(C)n2)s1. The summed E-state index contributed by atoms with van der Waals surface area (Å²) in [6.07, 6.45) is 0.998. The van der Waals surface area contributed by atoms with E-state index in [0.717, 1.165) is 11.3 Å². The maximum Gasteiger partial charge on any atom is 0.313 e. The highest BCUT2D eigenvalue weighted by Crippen LogP contribution is 2.27. The number of rotatable bonds is 5. The van der Waals surface area contributed by atoms with E-state index >= 15 is 0 Å². The molecule has 0 saturated heterocycles. The molecule has 96 valence electrons. The Balaban J connectivity index is 2.19. The van der Waals surface area contributed by atoms with E-state index in [-0.39, 0.29) is 5.75 Å². The number of carbonyl (C=O) groups is 1. The highest BCUT2D eigenvalue weighted by Gasteiger charge is 2.12. The van der Waals surface area contributed by atoms with Gasteiger partial charge in [-0.25, -0.2) is 9.67 Å². The van der Waals surface area contributed by atoms with E-state index < -0.39 is 5.97 Å². The van der Waals surface area contributed by atoms with Crippen molar-refractivity contribution in [1.82, 2.24) is 14.8 Å². The van der Waals surface area contributed by atoms with Crippen LogP contribution >= 0.6 is 23.1 Å². The van der Waals surface area contributed by atoms with Crippen LogP contribution in [-0.4, -0.2) is 31.6 Å². The minimum absolute atomic E-state index is 0.00335. The number of carboxylic acid groups (broad SMARTS) is 1. The highest BCUT2D eigenvalue weighted by atomic mass is 32.2. The summed E-state index contributed by atoms with van der Waals surface area (Å²) < 4.78 is 1.62. The summed E-state index contributed by atoms with van der Waals surface area (Å²) in [4.78, 5) is 17.2. The lowest BCUT2D eigenvalue weighted by atomic mass is 10.3. The van der Waals surface area contributed by atoms with Crippen LogP contribution in [0.4, 0.5) is 0 Å². The van der Waals surface area contributed by atoms with Crippen molar-refractivity contribution in [3.8, 4) is 10.7 Å². The molecule has 0 aromatic carbocycles. The van der Waals surface area contributed by atoms with Gasteiger partial charge in [-0.2, -0.15) is 0 Å². The molecular weight excluding hydrogens is 270 g/mol. The van der Waals surface area contributed by atoms with Gasteiger partial charge in [-0.05, 0) is 18.6 Å². The van der Waals surface area contributed by atoms with Crippen LogP contribution in [0.5, 0.6) is 0 Å². The van der Waals surface area contributed by atoms with E-state index in [4.69, 9.17) is 5.11 Å². The lowest BCUT2D eigenvalue weighted by Gasteiger charge is -1.94. The van der Waals surface area contributed by atoms with Gasteiger partial charge >= 0.3 is 5.97 Å². The Labute approximate surface area is 113 Å². The molecule has 1 N–H and O–H groups in total. The predicted molar refractivity (Wildman–Crippen MR) is 72.1 cm³/mol. The zero-order valence-electron chi connectivity index (χ0n) is 10.1. The van der Waals surface area contributed by atoms with Crippen LogP contribution < -0.4 is 0 Å². The molecule has 0 fully saturated rings. The van der Waals surface area contributed by atoms with Crippen molar-refractivity contribution < 1.29 is 9.90 Å². The molecule has 2 heterocycles. The standard InChI is InChI=1S/C11H13N3O2S2/c1-3-7-4-5-8(18-7)10-12-11(14(2)13-10)17-6-9(15)16/h4-5H,3,6H2,1-2H3,(H,15,16). The second kappa shape index (κ2) is 5.53. The normalized spacial score (nSPS) is 10.8. The number of thiophene rings is 1. The minimum atomic E-state index is -0.853. The van der Waals surface area contributed by atoms with Gasteiger partial charge in [-0.1, -0.05) is 18.7 Å². The summed E-state index contributed by atoms with van der Waals surface area (Å²) in [5.74, 6) is -0.194. The third kappa shape index (κ3) is 2.91. The molecule has 0 aliphatic rings. The first kappa shape index (κ1) is 13.1. The Morgan fingerprint density at radius 1 is 1.56 bits per heavy atom. The summed E-state index contributed by atoms with van der Waals surface area (Å²) in [6, 6.07) is 4.07. The number of aromatic nitrogens is 3. The van der Waals surface area contributed by atoms with Gasteiger partial charge in [-0.15, -0.1) is 16.4 Å². The van der Waals surface area contributed by atoms with E-state index in [9.17, 15) is 4.79 Å². The zero-order valence-corrected chi connectivity index (χ0v) is 11.7. The van der Waals surface area contributed by atoms with Crippen molar-refractivity contribution in [2.24, 2.45) is 7.05 Å². The summed E-state index contributed by atoms with van der Waals surface area (Å²) in [7, 11) is 1.77. The lowest BCUT2D eigenvalue weighted by molar-refractivity contribution is -0.133. The fraction of sp³-hybridized carbons (Fsp3) is 0.364. The Hall–Kier alpha value is -1.34. The number of nitrogens with zero attached hydrogens (tertiary/aromatic N) is 3. The van der Waals surface area contributed by atoms with Crippen LogP contribution in [0.25, 0.3) is 10.7 Å². The minimum Gasteiger partial charge on any atom is -0.481 e. The van der Waals surface area contributed by atoms with Gasteiger partial charge in [0, 0.05) is 11.9 Å². The average Bonchev–Trinajstić information content (AvgIpc) is 2.92. The number of carboxylic acids is 1. The van der Waals surface area contributed by atoms with Gasteiger partial charge in [-0.3, -0.25) is 4.79 Å². The Bertz CT molecular complexity index is 562. The molecule has 0 amide bonds. The Kier molecular flexibility index (Phi) is 4.03. The van der Waals surface area contributed by atoms with Gasteiger partial charge in [0.1, 0.15) is 0 Å². The molecule has 18 heavy (non-hydrogen) atoms. The summed E-state index contributed by atoms with van der Waals surface area (Å²) in [5, 5.41) is 13.6. The average molecular weight is 283 g/mol. The second-order valence-electron chi connectivity index (χ2n) is 3.64. The molecule has 0 unspecified atom stereocenters. The van der Waals surface area contributed by atoms with Crippen LogP contribution in [0, 0.1) is 0 Å². The molecule has 0 atom stereocenters. The Morgan fingerprint density at radius 2 is 2.33 bits per heavy atom. The second-order valence-corrected chi connectivity index (χ2v) is 5.75. The number of thioether (sulfide) groups is 1. The number of aliphatic carboxylic acids is 1. The molecule has 2 aromatic heterocycles. The molecule has 0 spiro atoms. The van der Waals surface area contributed by atoms with Crippen LogP contribution in [0.15, 0.2) is 17.3 Å². The molecular formula is C11H13N3O2S2. The van der Waals surface area contributed by atoms with Crippen LogP contribution in [-0.2, 0) is 18.3 Å². The number of hydrogen-bond acceptors (Lipinski definition) is 5. The molecule has 2 aromatic rings. The van der Waals surface area contributed by atoms with Crippen LogP contribution in [0.2, 0.25) is 0 Å². The first-order chi connectivity index (χ1) is 8.60. The summed E-state index contributed by atoms with van der Waals surface area (Å²) in [5.41, 5.74) is 0. The van der Waals surface area contributed by atoms with Crippen molar-refractivity contribution >= 4 is 29.1 Å². The fourth-order valence-electron chi connectivity index (χ4n) is 1.41. The maximum atomic E-state index is 10.5. The lowest BCUT2D eigenvalue weighted by Crippen LogP contribution is -2.00. The first-order valence-corrected chi connectivity index (χ1v) is 7.25. The smallest absolute Gasteiger partial charge is 0.313 e. The van der Waals surface area contributed by atoms with Gasteiger partial charge < -0.3 is 5.11 Å². The molecule has 0 saturated carbocycles. The van der Waals surface area contributed by atoms with Gasteiger partial charge in [0.2, 0.25) is 0 Å². The monoisotopic (exact) mass is 283 g/mol. The van der Waals surface area contributed by atoms with Crippen LogP contribution in [0.1, 0.15) is 11.8 Å². The molecule has 0 aliphatic carbocycles. The third-order valence-corrected chi connectivity index (χ3v) is 4.51. The maximum absolute atomic E-state index is 10.5. The fourth-order valence-corrected chi connectivity index (χ4v) is 2.92. The van der Waals surface area contributed by atoms with Gasteiger partial charge in [0.05, 0.1) is 10.6 Å². The molecule has 7 heteroatoms. The van der Waals surface area contributed by atoms with Gasteiger partial charge in [0.15, 0.2) is 11.0 Å².